The van der Waals surface area contributed by atoms with Crippen molar-refractivity contribution >= 4 is 29.0 Å². The molecule has 2 heterocycles. The predicted octanol–water partition coefficient (Wildman–Crippen LogP) is 1.54. The molecule has 4 aromatic rings. The van der Waals surface area contributed by atoms with Crippen LogP contribution >= 0.6 is 0 Å². The van der Waals surface area contributed by atoms with Gasteiger partial charge < -0.3 is 24.9 Å². The maximum absolute atomic E-state index is 12.6. The Labute approximate surface area is 181 Å². The maximum atomic E-state index is 12.6. The fraction of sp³-hybridized carbons (Fsp3) is 0.150. The number of hydrogen-bond donors (Lipinski definition) is 3. The van der Waals surface area contributed by atoms with Crippen LogP contribution in [0.25, 0.3) is 22.6 Å². The fourth-order valence-electron chi connectivity index (χ4n) is 3.11. The smallest absolute Gasteiger partial charge is 0.260 e. The van der Waals surface area contributed by atoms with Gasteiger partial charge in [-0.05, 0) is 34.6 Å². The van der Waals surface area contributed by atoms with Crippen molar-refractivity contribution < 1.29 is 24.0 Å². The summed E-state index contributed by atoms with van der Waals surface area (Å²) < 4.78 is 16.5. The number of nitrogens with zero attached hydrogens (tertiary/aromatic N) is 5. The number of hydrogen-bond acceptors (Lipinski definition) is 10. The van der Waals surface area contributed by atoms with E-state index in [0.717, 1.165) is 0 Å². The molecule has 4 N–H and O–H groups in total. The summed E-state index contributed by atoms with van der Waals surface area (Å²) in [5.74, 6) is 0.291. The molecule has 4 rings (SSSR count). The molecule has 0 bridgehead atoms. The summed E-state index contributed by atoms with van der Waals surface area (Å²) >= 11 is 0. The van der Waals surface area contributed by atoms with Crippen molar-refractivity contribution in [1.82, 2.24) is 25.3 Å². The molecule has 0 aliphatic rings. The topological polar surface area (TPSA) is 163 Å². The number of imidazole rings is 1. The van der Waals surface area contributed by atoms with Crippen molar-refractivity contribution in [3.8, 4) is 28.8 Å². The third-order valence-electron chi connectivity index (χ3n) is 4.59. The Morgan fingerprint density at radius 3 is 2.62 bits per heavy atom. The maximum Gasteiger partial charge on any atom is 0.260 e. The average molecular weight is 437 g/mol. The van der Waals surface area contributed by atoms with Crippen LogP contribution in [0, 0.1) is 0 Å². The van der Waals surface area contributed by atoms with E-state index in [9.17, 15) is 9.90 Å². The number of anilines is 1. The minimum Gasteiger partial charge on any atom is -0.502 e. The molecule has 2 aromatic heterocycles. The fourth-order valence-corrected chi connectivity index (χ4v) is 3.11. The number of nitrogens with two attached hydrogens (primary N) is 1. The third-order valence-corrected chi connectivity index (χ3v) is 4.59. The van der Waals surface area contributed by atoms with E-state index in [-0.39, 0.29) is 35.3 Å². The van der Waals surface area contributed by atoms with Crippen molar-refractivity contribution in [3.63, 3.8) is 0 Å². The molecule has 0 saturated carbocycles. The summed E-state index contributed by atoms with van der Waals surface area (Å²) in [5, 5.41) is 21.3. The first-order valence-corrected chi connectivity index (χ1v) is 9.32. The summed E-state index contributed by atoms with van der Waals surface area (Å²) in [6, 6.07) is 10.4. The average Bonchev–Trinajstić information content (AvgIpc) is 3.37. The van der Waals surface area contributed by atoms with Crippen molar-refractivity contribution in [2.75, 3.05) is 20.0 Å². The highest BCUT2D eigenvalue weighted by atomic mass is 16.6. The normalized spacial score (nSPS) is 11.2. The van der Waals surface area contributed by atoms with E-state index >= 15 is 0 Å². The minimum absolute atomic E-state index is 0.0650. The number of hydrazone groups is 1. The van der Waals surface area contributed by atoms with Gasteiger partial charge in [-0.3, -0.25) is 4.79 Å². The summed E-state index contributed by atoms with van der Waals surface area (Å²) in [6.45, 7) is -0.109. The van der Waals surface area contributed by atoms with Crippen molar-refractivity contribution in [2.24, 2.45) is 5.10 Å². The molecule has 12 nitrogen and oxygen atoms in total. The zero-order chi connectivity index (χ0) is 22.7. The number of methoxy groups -OCH3 is 2. The molecule has 0 spiro atoms. The number of benzene rings is 2. The molecule has 0 unspecified atom stereocenters. The van der Waals surface area contributed by atoms with E-state index in [0.29, 0.717) is 22.4 Å². The lowest BCUT2D eigenvalue weighted by Crippen LogP contribution is -2.23. The Balaban J connectivity index is 1.56. The van der Waals surface area contributed by atoms with Crippen molar-refractivity contribution in [1.29, 1.82) is 0 Å². The summed E-state index contributed by atoms with van der Waals surface area (Å²) in [5.41, 5.74) is 10.4. The van der Waals surface area contributed by atoms with Gasteiger partial charge in [-0.15, -0.1) is 0 Å². The molecule has 12 heteroatoms. The molecule has 0 saturated heterocycles. The lowest BCUT2D eigenvalue weighted by Gasteiger charge is -2.09. The molecule has 2 aromatic carbocycles. The second kappa shape index (κ2) is 8.63. The number of para-hydroxylation sites is 2. The number of nitrogen functional groups attached to an aromatic ring is 1. The zero-order valence-electron chi connectivity index (χ0n) is 17.1. The van der Waals surface area contributed by atoms with Crippen LogP contribution in [-0.2, 0) is 11.3 Å². The SMILES string of the molecule is COc1cc(/C=N\NC(=O)Cn2c(-c3nonc3N)nc3ccccc32)cc(OC)c1O. The third kappa shape index (κ3) is 3.88. The van der Waals surface area contributed by atoms with E-state index in [2.05, 4.69) is 30.5 Å². The number of fused-ring (bicyclic) bond motifs is 1. The van der Waals surface area contributed by atoms with E-state index in [1.165, 1.54) is 20.4 Å². The van der Waals surface area contributed by atoms with E-state index in [4.69, 9.17) is 15.2 Å². The number of aromatic nitrogens is 4. The zero-order valence-corrected chi connectivity index (χ0v) is 17.1. The molecule has 0 fully saturated rings. The number of nitrogens with one attached hydrogen (secondary N) is 1. The van der Waals surface area contributed by atoms with Gasteiger partial charge in [0.2, 0.25) is 5.75 Å². The van der Waals surface area contributed by atoms with Crippen LogP contribution in [0.3, 0.4) is 0 Å². The van der Waals surface area contributed by atoms with Gasteiger partial charge in [0.1, 0.15) is 6.54 Å². The van der Waals surface area contributed by atoms with Crippen molar-refractivity contribution in [3.05, 3.63) is 42.0 Å². The number of rotatable bonds is 7. The molecule has 0 aliphatic heterocycles. The van der Waals surface area contributed by atoms with Crippen molar-refractivity contribution in [2.45, 2.75) is 6.54 Å². The molecule has 0 radical (unpaired) electrons. The van der Waals surface area contributed by atoms with Gasteiger partial charge in [0.25, 0.3) is 5.91 Å². The van der Waals surface area contributed by atoms with Gasteiger partial charge in [-0.1, -0.05) is 12.1 Å². The largest absolute Gasteiger partial charge is 0.502 e. The molecule has 0 atom stereocenters. The Morgan fingerprint density at radius 1 is 1.25 bits per heavy atom. The van der Waals surface area contributed by atoms with E-state index < -0.39 is 5.91 Å². The number of phenolic OH excluding ortho intramolecular Hbond substituents is 1. The first-order valence-electron chi connectivity index (χ1n) is 9.32. The van der Waals surface area contributed by atoms with Crippen LogP contribution in [-0.4, -0.2) is 51.3 Å². The number of amides is 1. The van der Waals surface area contributed by atoms with Crippen LogP contribution in [0.1, 0.15) is 5.56 Å². The van der Waals surface area contributed by atoms with Crippen LogP contribution in [0.15, 0.2) is 46.1 Å². The van der Waals surface area contributed by atoms with Crippen LogP contribution < -0.4 is 20.6 Å². The molecule has 0 aliphatic carbocycles. The highest BCUT2D eigenvalue weighted by Crippen LogP contribution is 2.36. The molecule has 1 amide bonds. The van der Waals surface area contributed by atoms with Crippen LogP contribution in [0.2, 0.25) is 0 Å². The Bertz CT molecular complexity index is 1290. The quantitative estimate of drug-likeness (QED) is 0.287. The van der Waals surface area contributed by atoms with Gasteiger partial charge in [0.05, 0.1) is 31.5 Å². The first-order chi connectivity index (χ1) is 15.5. The first kappa shape index (κ1) is 20.7. The number of aromatic hydroxyl groups is 1. The Hall–Kier alpha value is -4.61. The van der Waals surface area contributed by atoms with Gasteiger partial charge in [-0.25, -0.2) is 15.0 Å². The number of phenols is 1. The van der Waals surface area contributed by atoms with Gasteiger partial charge in [0, 0.05) is 5.56 Å². The van der Waals surface area contributed by atoms with E-state index in [1.54, 1.807) is 22.8 Å². The van der Waals surface area contributed by atoms with Gasteiger partial charge >= 0.3 is 0 Å². The van der Waals surface area contributed by atoms with Gasteiger partial charge in [0.15, 0.2) is 28.8 Å². The standard InChI is InChI=1S/C20H19N7O5/c1-30-14-7-11(8-15(31-2)18(14)29)9-22-24-16(28)10-27-13-6-4-3-5-12(13)23-20(27)17-19(21)26-32-25-17/h3-9,29H,10H2,1-2H3,(H2,21,26)(H,24,28)/b22-9-. The second-order valence-corrected chi connectivity index (χ2v) is 6.58. The number of ether oxygens (including phenoxy) is 2. The summed E-state index contributed by atoms with van der Waals surface area (Å²) in [7, 11) is 2.84. The summed E-state index contributed by atoms with van der Waals surface area (Å²) in [6.07, 6.45) is 1.40. The second-order valence-electron chi connectivity index (χ2n) is 6.58. The molecular formula is C20H19N7O5. The molecular weight excluding hydrogens is 418 g/mol. The highest BCUT2D eigenvalue weighted by Gasteiger charge is 2.20. The Kier molecular flexibility index (Phi) is 5.57. The van der Waals surface area contributed by atoms with Gasteiger partial charge in [-0.2, -0.15) is 5.10 Å². The number of carbonyl (C=O) groups is 1. The molecule has 164 valence electrons. The monoisotopic (exact) mass is 437 g/mol. The summed E-state index contributed by atoms with van der Waals surface area (Å²) in [4.78, 5) is 17.1. The van der Waals surface area contributed by atoms with Crippen LogP contribution in [0.5, 0.6) is 17.2 Å². The molecule has 32 heavy (non-hydrogen) atoms. The predicted molar refractivity (Wildman–Crippen MR) is 114 cm³/mol. The minimum atomic E-state index is -0.418. The lowest BCUT2D eigenvalue weighted by molar-refractivity contribution is -0.121. The highest BCUT2D eigenvalue weighted by molar-refractivity contribution is 5.87. The van der Waals surface area contributed by atoms with E-state index in [1.807, 2.05) is 18.2 Å². The Morgan fingerprint density at radius 2 is 1.97 bits per heavy atom. The lowest BCUT2D eigenvalue weighted by atomic mass is 10.2. The van der Waals surface area contributed by atoms with Crippen LogP contribution in [0.4, 0.5) is 5.82 Å². The number of carbonyl (C=O) groups excluding carboxylic acids is 1.